The van der Waals surface area contributed by atoms with E-state index in [2.05, 4.69) is 301 Å². The highest BCUT2D eigenvalue weighted by Gasteiger charge is 2.55. The van der Waals surface area contributed by atoms with E-state index in [1.807, 2.05) is 72.8 Å². The number of anilines is 6. The largest absolute Gasteiger partial charge is 0.311 e. The number of alkyl halides is 3. The molecule has 0 N–H and O–H groups in total. The zero-order chi connectivity index (χ0) is 92.0. The molecule has 0 aliphatic heterocycles. The van der Waals surface area contributed by atoms with Crippen molar-refractivity contribution in [1.82, 2.24) is 0 Å². The number of nitrogens with zero attached hydrogens (tertiary/aromatic N) is 2. The summed E-state index contributed by atoms with van der Waals surface area (Å²) in [5, 5.41) is 0. The van der Waals surface area contributed by atoms with Crippen LogP contribution < -0.4 is 9.80 Å². The molecule has 15 aliphatic carbocycles. The van der Waals surface area contributed by atoms with Gasteiger partial charge in [0.05, 0.1) is 0 Å². The van der Waals surface area contributed by atoms with Crippen molar-refractivity contribution in [1.29, 1.82) is 0 Å². The minimum atomic E-state index is -1.19. The topological polar surface area (TPSA) is 6.48 Å². The fourth-order valence-corrected chi connectivity index (χ4v) is 29.6. The monoisotopic (exact) mass is 1810 g/mol. The predicted molar refractivity (Wildman–Crippen MR) is 572 cm³/mol. The van der Waals surface area contributed by atoms with Gasteiger partial charge in [-0.05, 0) is 435 Å². The molecule has 12 bridgehead atoms. The lowest BCUT2D eigenvalue weighted by Gasteiger charge is -2.57. The molecule has 12 aromatic carbocycles. The molecule has 0 heterocycles. The van der Waals surface area contributed by atoms with Gasteiger partial charge in [0.15, 0.2) is 0 Å². The van der Waals surface area contributed by atoms with E-state index in [1.54, 1.807) is 16.7 Å². The molecule has 27 rings (SSSR count). The van der Waals surface area contributed by atoms with Crippen molar-refractivity contribution in [2.75, 3.05) is 9.80 Å². The van der Waals surface area contributed by atoms with Crippen molar-refractivity contribution in [3.63, 3.8) is 0 Å². The van der Waals surface area contributed by atoms with E-state index in [0.29, 0.717) is 54.8 Å². The molecule has 15 fully saturated rings. The van der Waals surface area contributed by atoms with Crippen LogP contribution in [0.15, 0.2) is 291 Å². The average molecular weight is 1810 g/mol. The van der Waals surface area contributed by atoms with Crippen LogP contribution in [0.2, 0.25) is 0 Å². The Morgan fingerprint density at radius 1 is 0.161 bits per heavy atom. The molecular formula is C132H135F3N2. The smallest absolute Gasteiger partial charge is 0.136 e. The molecular weight excluding hydrogens is 1670 g/mol. The van der Waals surface area contributed by atoms with Gasteiger partial charge < -0.3 is 9.80 Å². The third kappa shape index (κ3) is 19.5. The number of hydrogen-bond donors (Lipinski definition) is 0. The molecule has 12 aromatic rings. The van der Waals surface area contributed by atoms with Crippen molar-refractivity contribution < 1.29 is 13.2 Å². The molecule has 0 atom stereocenters. The Morgan fingerprint density at radius 2 is 0.285 bits per heavy atom. The second kappa shape index (κ2) is 38.3. The summed E-state index contributed by atoms with van der Waals surface area (Å²) < 4.78 is 46.7. The third-order valence-electron chi connectivity index (χ3n) is 35.6. The molecule has 15 saturated carbocycles. The van der Waals surface area contributed by atoms with E-state index in [0.717, 1.165) is 195 Å². The van der Waals surface area contributed by atoms with Gasteiger partial charge in [0, 0.05) is 34.1 Å². The Balaban J connectivity index is 0.000000155. The molecule has 0 unspecified atom stereocenters. The van der Waals surface area contributed by atoms with Crippen molar-refractivity contribution in [2.24, 2.45) is 53.3 Å². The van der Waals surface area contributed by atoms with Gasteiger partial charge >= 0.3 is 0 Å². The molecule has 0 amide bonds. The normalized spacial score (nSPS) is 26.9. The first-order valence-electron chi connectivity index (χ1n) is 53.1. The summed E-state index contributed by atoms with van der Waals surface area (Å²) in [6, 6.07) is 106. The quantitative estimate of drug-likeness (QED) is 0.0557. The molecule has 0 spiro atoms. The molecule has 137 heavy (non-hydrogen) atoms. The minimum Gasteiger partial charge on any atom is -0.311 e. The summed E-state index contributed by atoms with van der Waals surface area (Å²) in [5.74, 6) is 8.76. The Hall–Kier alpha value is -11.5. The fourth-order valence-electron chi connectivity index (χ4n) is 29.6. The second-order valence-electron chi connectivity index (χ2n) is 45.1. The van der Waals surface area contributed by atoms with Crippen LogP contribution in [0.3, 0.4) is 0 Å². The van der Waals surface area contributed by atoms with Crippen molar-refractivity contribution in [3.05, 3.63) is 391 Å². The SMILES string of the molecule is C(=C\c1ccc(C23CC4CC(CC(C4)C2)C3)cc1)/c1ccc(N(c2ccc(/C=C/c3ccc(C45CC6CC(CC(C6)C4)C5)cc3)cc2)c2ccc(/C=C/c3ccc(C45CC6CC(CC(C6)C4)C5)cc3)cc2)cc1.FC1(c2ccc(/C=C/c3ccc(N(c4ccc(/C=C/c5ccc(C6(F)CCCCC6)cc5)cc4)c4ccc(/C=C/c5ccc(C6(F)CCCCC6)cc5)cc4)cc3)cc2)CCCCC1. The second-order valence-corrected chi connectivity index (χ2v) is 45.1. The molecule has 0 radical (unpaired) electrons. The summed E-state index contributed by atoms with van der Waals surface area (Å²) in [4.78, 5) is 4.67. The summed E-state index contributed by atoms with van der Waals surface area (Å²) in [6.45, 7) is 0. The van der Waals surface area contributed by atoms with Crippen LogP contribution in [0.1, 0.15) is 312 Å². The van der Waals surface area contributed by atoms with Crippen molar-refractivity contribution in [2.45, 2.75) is 245 Å². The van der Waals surface area contributed by atoms with Crippen LogP contribution in [-0.2, 0) is 33.3 Å². The first-order chi connectivity index (χ1) is 67.1. The van der Waals surface area contributed by atoms with Crippen LogP contribution >= 0.6 is 0 Å². The maximum atomic E-state index is 15.6. The minimum absolute atomic E-state index is 0.451. The van der Waals surface area contributed by atoms with E-state index >= 15 is 13.2 Å². The zero-order valence-electron chi connectivity index (χ0n) is 80.2. The lowest BCUT2D eigenvalue weighted by molar-refractivity contribution is -0.00531. The van der Waals surface area contributed by atoms with Crippen LogP contribution in [-0.4, -0.2) is 0 Å². The van der Waals surface area contributed by atoms with Gasteiger partial charge in [0.1, 0.15) is 17.0 Å². The predicted octanol–water partition coefficient (Wildman–Crippen LogP) is 37.1. The van der Waals surface area contributed by atoms with E-state index < -0.39 is 17.0 Å². The lowest BCUT2D eigenvalue weighted by atomic mass is 9.48. The molecule has 2 nitrogen and oxygen atoms in total. The molecule has 0 saturated heterocycles. The van der Waals surface area contributed by atoms with Crippen LogP contribution in [0, 0.1) is 53.3 Å². The number of rotatable bonds is 24. The number of hydrogen-bond acceptors (Lipinski definition) is 2. The average Bonchev–Trinajstić information content (AvgIpc) is 0.739. The molecule has 15 aliphatic rings. The fraction of sp³-hybridized carbons (Fsp3) is 0.364. The molecule has 694 valence electrons. The van der Waals surface area contributed by atoms with Crippen LogP contribution in [0.4, 0.5) is 47.3 Å². The number of halogens is 3. The maximum absolute atomic E-state index is 15.6. The molecule has 5 heteroatoms. The van der Waals surface area contributed by atoms with Crippen molar-refractivity contribution >= 4 is 107 Å². The third-order valence-corrected chi connectivity index (χ3v) is 35.6. The Kier molecular flexibility index (Phi) is 25.0. The van der Waals surface area contributed by atoms with Gasteiger partial charge in [0.25, 0.3) is 0 Å². The maximum Gasteiger partial charge on any atom is 0.136 e. The summed E-state index contributed by atoms with van der Waals surface area (Å²) >= 11 is 0. The van der Waals surface area contributed by atoms with Gasteiger partial charge in [-0.3, -0.25) is 0 Å². The van der Waals surface area contributed by atoms with E-state index in [1.165, 1.54) is 149 Å². The van der Waals surface area contributed by atoms with E-state index in [4.69, 9.17) is 0 Å². The number of benzene rings is 12. The summed E-state index contributed by atoms with van der Waals surface area (Å²) in [7, 11) is 0. The summed E-state index contributed by atoms with van der Waals surface area (Å²) in [6.07, 6.45) is 65.4. The van der Waals surface area contributed by atoms with Gasteiger partial charge in [-0.15, -0.1) is 0 Å². The standard InChI is InChI=1S/C72H75N.C60H60F3N/c1(49-7-19-64(20-8-49)70-40-55-31-56(41-70)33-57(32-55)42-70)4-52-13-25-67(26-14-52)73(68-27-15-53(16-28-68)5-2-50-9-21-65(22-10-50)71-43-58-34-59(44-71)36-60(35-58)45-71)69-29-17-54(18-30-69)6-3-51-11-23-66(24-12-51)72-46-61-37-62(47-72)39-63(38-61)48-72;61-58(40-4-1-5-41-58)52-28-16-46(17-29-52)10-13-49-22-34-55(35-23-49)64(56-36-24-50(25-37-56)14-11-47-18-30-53(31-19-47)59(62)42-6-2-7-43-59)57-38-26-51(27-39-57)15-12-48-20-32-54(33-21-48)60(63)44-8-3-9-45-60/h1-30,55-63H,31-48H2;10-39H,1-9,40-45H2/b4-1+,5-2+,6-3+;13-10+,14-11+,15-12+. The van der Waals surface area contributed by atoms with Gasteiger partial charge in [-0.25, -0.2) is 13.2 Å². The Bertz CT molecular complexity index is 5620. The first kappa shape index (κ1) is 89.4. The Morgan fingerprint density at radius 3 is 0.423 bits per heavy atom. The highest BCUT2D eigenvalue weighted by atomic mass is 19.2. The van der Waals surface area contributed by atoms with Gasteiger partial charge in [0.2, 0.25) is 0 Å². The highest BCUT2D eigenvalue weighted by molar-refractivity contribution is 5.84. The summed E-state index contributed by atoms with van der Waals surface area (Å²) in [5.41, 5.74) is 25.4. The molecule has 0 aromatic heterocycles. The van der Waals surface area contributed by atoms with Crippen LogP contribution in [0.25, 0.3) is 72.9 Å². The van der Waals surface area contributed by atoms with Crippen molar-refractivity contribution in [3.8, 4) is 0 Å². The van der Waals surface area contributed by atoms with E-state index in [9.17, 15) is 0 Å². The van der Waals surface area contributed by atoms with Gasteiger partial charge in [-0.2, -0.15) is 0 Å². The Labute approximate surface area is 814 Å². The van der Waals surface area contributed by atoms with Crippen LogP contribution in [0.5, 0.6) is 0 Å². The van der Waals surface area contributed by atoms with Gasteiger partial charge in [-0.1, -0.05) is 311 Å². The highest BCUT2D eigenvalue weighted by Crippen LogP contribution is 2.64. The first-order valence-corrected chi connectivity index (χ1v) is 53.1. The zero-order valence-corrected chi connectivity index (χ0v) is 80.2. The lowest BCUT2D eigenvalue weighted by Crippen LogP contribution is -2.48. The van der Waals surface area contributed by atoms with E-state index in [-0.39, 0.29) is 0 Å².